The Morgan fingerprint density at radius 1 is 0.371 bits per heavy atom. The second kappa shape index (κ2) is 53.9. The van der Waals surface area contributed by atoms with Crippen LogP contribution in [0.25, 0.3) is 0 Å². The van der Waals surface area contributed by atoms with Gasteiger partial charge < -0.3 is 19.7 Å². The number of aliphatic hydroxyl groups is 2. The van der Waals surface area contributed by atoms with E-state index in [-0.39, 0.29) is 19.6 Å². The number of aliphatic hydroxyl groups excluding tert-OH is 2. The maximum Gasteiger partial charge on any atom is 0.309 e. The summed E-state index contributed by atoms with van der Waals surface area (Å²) < 4.78 is 10.6. The number of carbonyl (C=O) groups is 2. The van der Waals surface area contributed by atoms with E-state index in [1.54, 1.807) is 0 Å². The molecule has 1 heterocycles. The fraction of sp³-hybridized carbons (Fsp3) is 0.938. The molecule has 414 valence electrons. The van der Waals surface area contributed by atoms with Crippen molar-refractivity contribution in [3.63, 3.8) is 0 Å². The summed E-state index contributed by atoms with van der Waals surface area (Å²) in [7, 11) is 0. The maximum absolute atomic E-state index is 12.5. The third-order valence-corrected chi connectivity index (χ3v) is 15.8. The van der Waals surface area contributed by atoms with Crippen LogP contribution in [0.2, 0.25) is 0 Å². The third kappa shape index (κ3) is 45.2. The molecule has 1 saturated heterocycles. The molecule has 0 aromatic heterocycles. The Bertz CT molecular complexity index is 1100. The number of allylic oxidation sites excluding steroid dienone is 2. The Labute approximate surface area is 436 Å². The largest absolute Gasteiger partial charge is 0.465 e. The number of rotatable bonds is 55. The summed E-state index contributed by atoms with van der Waals surface area (Å²) in [5, 5.41) is 19.2. The highest BCUT2D eigenvalue weighted by Gasteiger charge is 2.36. The fourth-order valence-electron chi connectivity index (χ4n) is 10.6. The minimum atomic E-state index is -1.12. The zero-order valence-corrected chi connectivity index (χ0v) is 47.1. The molecule has 0 aromatic rings. The molecule has 6 nitrogen and oxygen atoms in total. The molecule has 0 aromatic carbocycles. The van der Waals surface area contributed by atoms with Crippen LogP contribution in [0.1, 0.15) is 347 Å². The smallest absolute Gasteiger partial charge is 0.309 e. The van der Waals surface area contributed by atoms with Gasteiger partial charge in [-0.15, -0.1) is 0 Å². The molecule has 2 N–H and O–H groups in total. The van der Waals surface area contributed by atoms with E-state index >= 15 is 0 Å². The number of unbranched alkanes of at least 4 members (excludes halogenated alkanes) is 49. The fourth-order valence-corrected chi connectivity index (χ4v) is 10.6. The molecule has 1 rings (SSSR count). The van der Waals surface area contributed by atoms with Gasteiger partial charge in [0.1, 0.15) is 13.2 Å². The van der Waals surface area contributed by atoms with Crippen molar-refractivity contribution in [2.24, 2.45) is 11.3 Å². The van der Waals surface area contributed by atoms with Crippen LogP contribution in [0.3, 0.4) is 0 Å². The van der Waals surface area contributed by atoms with Crippen LogP contribution < -0.4 is 0 Å². The number of hydrogen-bond donors (Lipinski definition) is 2. The van der Waals surface area contributed by atoms with E-state index in [0.717, 1.165) is 19.3 Å². The van der Waals surface area contributed by atoms with Gasteiger partial charge in [-0.2, -0.15) is 0 Å². The van der Waals surface area contributed by atoms with Gasteiger partial charge in [-0.1, -0.05) is 321 Å². The third-order valence-electron chi connectivity index (χ3n) is 15.8. The highest BCUT2D eigenvalue weighted by atomic mass is 16.6. The Hall–Kier alpha value is -1.40. The molecule has 0 spiro atoms. The lowest BCUT2D eigenvalue weighted by Crippen LogP contribution is -2.40. The summed E-state index contributed by atoms with van der Waals surface area (Å²) in [6.45, 7) is 1.21. The van der Waals surface area contributed by atoms with Crippen molar-refractivity contribution in [3.05, 3.63) is 12.2 Å². The average molecular weight is 988 g/mol. The summed E-state index contributed by atoms with van der Waals surface area (Å²) >= 11 is 0. The molecule has 0 amide bonds. The Morgan fingerprint density at radius 2 is 0.614 bits per heavy atom. The van der Waals surface area contributed by atoms with Crippen LogP contribution in [0.15, 0.2) is 12.2 Å². The first kappa shape index (κ1) is 66.6. The number of hydrogen-bond acceptors (Lipinski definition) is 6. The first-order valence-electron chi connectivity index (χ1n) is 31.8. The minimum absolute atomic E-state index is 0.00434. The Balaban J connectivity index is 1.69. The molecule has 1 fully saturated rings. The summed E-state index contributed by atoms with van der Waals surface area (Å²) in [6.07, 6.45) is 77.2. The zero-order valence-electron chi connectivity index (χ0n) is 47.1. The van der Waals surface area contributed by atoms with Crippen molar-refractivity contribution in [2.45, 2.75) is 347 Å². The summed E-state index contributed by atoms with van der Waals surface area (Å²) in [6, 6.07) is 0. The molecule has 0 radical (unpaired) electrons. The maximum atomic E-state index is 12.5. The van der Waals surface area contributed by atoms with Gasteiger partial charge in [0.2, 0.25) is 0 Å². The summed E-state index contributed by atoms with van der Waals surface area (Å²) in [5.41, 5.74) is -1.12. The molecule has 1 unspecified atom stereocenters. The van der Waals surface area contributed by atoms with Gasteiger partial charge in [-0.3, -0.25) is 9.59 Å². The lowest BCUT2D eigenvalue weighted by Gasteiger charge is -2.27. The average Bonchev–Trinajstić information content (AvgIpc) is 3.43. The quantitative estimate of drug-likeness (QED) is 0.0358. The monoisotopic (exact) mass is 987 g/mol. The normalized spacial score (nSPS) is 15.3. The van der Waals surface area contributed by atoms with Crippen LogP contribution >= 0.6 is 0 Å². The van der Waals surface area contributed by atoms with Crippen LogP contribution in [0.5, 0.6) is 0 Å². The second-order valence-corrected chi connectivity index (χ2v) is 22.8. The van der Waals surface area contributed by atoms with Crippen LogP contribution in [-0.4, -0.2) is 48.6 Å². The molecule has 1 aliphatic rings. The topological polar surface area (TPSA) is 93.1 Å². The van der Waals surface area contributed by atoms with Crippen LogP contribution in [-0.2, 0) is 19.1 Å². The molecule has 0 aliphatic carbocycles. The Morgan fingerprint density at radius 3 is 0.886 bits per heavy atom. The van der Waals surface area contributed by atoms with Crippen LogP contribution in [0.4, 0.5) is 0 Å². The molecule has 6 heteroatoms. The molecule has 0 saturated carbocycles. The van der Waals surface area contributed by atoms with Gasteiger partial charge in [0.15, 0.2) is 0 Å². The number of carbonyl (C=O) groups excluding carboxylic acids is 2. The highest BCUT2D eigenvalue weighted by molar-refractivity contribution is 5.80. The van der Waals surface area contributed by atoms with Gasteiger partial charge in [-0.05, 0) is 32.1 Å². The zero-order chi connectivity index (χ0) is 50.4. The van der Waals surface area contributed by atoms with E-state index in [1.165, 1.54) is 308 Å². The van der Waals surface area contributed by atoms with Crippen molar-refractivity contribution in [2.75, 3.05) is 26.4 Å². The van der Waals surface area contributed by atoms with Crippen molar-refractivity contribution in [1.82, 2.24) is 0 Å². The predicted octanol–water partition coefficient (Wildman–Crippen LogP) is 19.9. The van der Waals surface area contributed by atoms with E-state index in [4.69, 9.17) is 9.47 Å². The second-order valence-electron chi connectivity index (χ2n) is 22.8. The van der Waals surface area contributed by atoms with Gasteiger partial charge in [0.05, 0.1) is 31.0 Å². The molecular formula is C64H122O6. The molecule has 70 heavy (non-hydrogen) atoms. The highest BCUT2D eigenvalue weighted by Crippen LogP contribution is 2.25. The van der Waals surface area contributed by atoms with Gasteiger partial charge in [0, 0.05) is 0 Å². The standard InChI is InChI=1S/C64H122O6/c1-2-3-4-5-6-7-8-9-10-11-12-13-14-15-16-17-18-19-20-21-22-23-24-25-26-27-28-29-30-31-32-33-34-35-36-37-38-39-40-41-42-43-44-45-46-47-48-49-50-51-52-53-54-55-61-56-62(67)69-59-64(57-65,58-66)60-70-63(61)68/h29-30,61,65-66H,2-28,31-60H2,1H3/b30-29+. The van der Waals surface area contributed by atoms with Gasteiger partial charge >= 0.3 is 11.9 Å². The first-order chi connectivity index (χ1) is 34.6. The van der Waals surface area contributed by atoms with Crippen molar-refractivity contribution in [1.29, 1.82) is 0 Å². The van der Waals surface area contributed by atoms with E-state index in [1.807, 2.05) is 0 Å². The Kier molecular flexibility index (Phi) is 51.3. The van der Waals surface area contributed by atoms with E-state index in [9.17, 15) is 19.8 Å². The molecule has 1 atom stereocenters. The van der Waals surface area contributed by atoms with Gasteiger partial charge in [-0.25, -0.2) is 0 Å². The van der Waals surface area contributed by atoms with Crippen molar-refractivity contribution >= 4 is 11.9 Å². The lowest BCUT2D eigenvalue weighted by atomic mass is 9.92. The van der Waals surface area contributed by atoms with Gasteiger partial charge in [0.25, 0.3) is 0 Å². The number of ether oxygens (including phenoxy) is 2. The van der Waals surface area contributed by atoms with E-state index in [2.05, 4.69) is 19.1 Å². The van der Waals surface area contributed by atoms with Crippen molar-refractivity contribution < 1.29 is 29.3 Å². The molecular weight excluding hydrogens is 865 g/mol. The van der Waals surface area contributed by atoms with Crippen LogP contribution in [0, 0.1) is 11.3 Å². The number of cyclic esters (lactones) is 2. The molecule has 1 aliphatic heterocycles. The van der Waals surface area contributed by atoms with E-state index < -0.39 is 36.5 Å². The predicted molar refractivity (Wildman–Crippen MR) is 302 cm³/mol. The summed E-state index contributed by atoms with van der Waals surface area (Å²) in [4.78, 5) is 24.7. The lowest BCUT2D eigenvalue weighted by molar-refractivity contribution is -0.155. The van der Waals surface area contributed by atoms with E-state index in [0.29, 0.717) is 6.42 Å². The first-order valence-corrected chi connectivity index (χ1v) is 31.8. The molecule has 0 bridgehead atoms. The summed E-state index contributed by atoms with van der Waals surface area (Å²) in [5.74, 6) is -1.40. The van der Waals surface area contributed by atoms with Crippen molar-refractivity contribution in [3.8, 4) is 0 Å². The SMILES string of the molecule is CCCCCCCCCCCCCCCCCCCCCCCCCCCC/C=C/CCCCCCCCCCCCCCCCCCCCCCCCCC1CC(=O)OCC(CO)(CO)COC1=O. The number of esters is 2. The minimum Gasteiger partial charge on any atom is -0.465 e.